The van der Waals surface area contributed by atoms with Crippen LogP contribution >= 0.6 is 0 Å². The number of carbonyl (C=O) groups is 2. The van der Waals surface area contributed by atoms with E-state index in [9.17, 15) is 9.59 Å². The normalized spacial score (nSPS) is 41.9. The van der Waals surface area contributed by atoms with Gasteiger partial charge in [0.05, 0.1) is 6.04 Å². The lowest BCUT2D eigenvalue weighted by molar-refractivity contribution is -0.129. The molecular formula is C11H18N2O2. The van der Waals surface area contributed by atoms with Crippen LogP contribution in [-0.2, 0) is 4.79 Å². The molecule has 4 heteroatoms. The smallest absolute Gasteiger partial charge is 0.312 e. The Morgan fingerprint density at radius 2 is 2.07 bits per heavy atom. The minimum absolute atomic E-state index is 0.0306. The maximum atomic E-state index is 12.2. The van der Waals surface area contributed by atoms with E-state index in [2.05, 4.69) is 19.2 Å². The number of nitrogens with one attached hydrogen (secondary N) is 1. The van der Waals surface area contributed by atoms with Crippen LogP contribution < -0.4 is 11.1 Å². The third-order valence-corrected chi connectivity index (χ3v) is 4.83. The quantitative estimate of drug-likeness (QED) is 0.679. The van der Waals surface area contributed by atoms with Gasteiger partial charge in [0.25, 0.3) is 0 Å². The molecule has 0 aliphatic heterocycles. The molecule has 4 nitrogen and oxygen atoms in total. The lowest BCUT2D eigenvalue weighted by Crippen LogP contribution is -2.48. The van der Waals surface area contributed by atoms with Gasteiger partial charge in [-0.25, -0.2) is 4.79 Å². The molecule has 3 atom stereocenters. The van der Waals surface area contributed by atoms with Crippen molar-refractivity contribution in [2.45, 2.75) is 39.7 Å². The van der Waals surface area contributed by atoms with Gasteiger partial charge < -0.3 is 11.1 Å². The summed E-state index contributed by atoms with van der Waals surface area (Å²) >= 11 is 0. The van der Waals surface area contributed by atoms with E-state index in [0.29, 0.717) is 0 Å². The average Bonchev–Trinajstić information content (AvgIpc) is 2.40. The van der Waals surface area contributed by atoms with Gasteiger partial charge in [-0.05, 0) is 24.2 Å². The second-order valence-corrected chi connectivity index (χ2v) is 5.55. The fourth-order valence-corrected chi connectivity index (χ4v) is 3.41. The van der Waals surface area contributed by atoms with Gasteiger partial charge in [0, 0.05) is 5.41 Å². The number of ketones is 1. The van der Waals surface area contributed by atoms with Gasteiger partial charge in [-0.1, -0.05) is 20.8 Å². The number of hydrogen-bond acceptors (Lipinski definition) is 2. The van der Waals surface area contributed by atoms with E-state index in [1.54, 1.807) is 0 Å². The van der Waals surface area contributed by atoms with Crippen LogP contribution in [0.2, 0.25) is 0 Å². The molecule has 0 radical (unpaired) electrons. The largest absolute Gasteiger partial charge is 0.352 e. The highest BCUT2D eigenvalue weighted by molar-refractivity contribution is 5.96. The zero-order valence-corrected chi connectivity index (χ0v) is 9.46. The second kappa shape index (κ2) is 2.74. The summed E-state index contributed by atoms with van der Waals surface area (Å²) in [7, 11) is 0. The fraction of sp³-hybridized carbons (Fsp3) is 0.818. The van der Waals surface area contributed by atoms with Crippen LogP contribution in [0, 0.1) is 16.7 Å². The predicted octanol–water partition coefficient (Wildman–Crippen LogP) is 1.05. The highest BCUT2D eigenvalue weighted by atomic mass is 16.2. The number of hydrogen-bond donors (Lipinski definition) is 2. The molecule has 84 valence electrons. The maximum absolute atomic E-state index is 12.2. The summed E-state index contributed by atoms with van der Waals surface area (Å²) in [6.45, 7) is 6.24. The Kier molecular flexibility index (Phi) is 1.91. The van der Waals surface area contributed by atoms with E-state index in [4.69, 9.17) is 5.73 Å². The Morgan fingerprint density at radius 1 is 1.47 bits per heavy atom. The third kappa shape index (κ3) is 1.08. The average molecular weight is 210 g/mol. The lowest BCUT2D eigenvalue weighted by atomic mass is 9.70. The van der Waals surface area contributed by atoms with E-state index < -0.39 is 6.03 Å². The first kappa shape index (κ1) is 10.5. The van der Waals surface area contributed by atoms with Gasteiger partial charge in [0.1, 0.15) is 0 Å². The van der Waals surface area contributed by atoms with Crippen molar-refractivity contribution in [3.8, 4) is 0 Å². The molecule has 0 aromatic rings. The third-order valence-electron chi connectivity index (χ3n) is 4.83. The van der Waals surface area contributed by atoms with Crippen LogP contribution in [0.3, 0.4) is 0 Å². The van der Waals surface area contributed by atoms with Crippen molar-refractivity contribution < 1.29 is 9.59 Å². The van der Waals surface area contributed by atoms with Crippen LogP contribution in [0.15, 0.2) is 0 Å². The predicted molar refractivity (Wildman–Crippen MR) is 56.1 cm³/mol. The standard InChI is InChI=1S/C11H18N2O2/c1-10(2)6-4-5-11(10,3)8(14)7(6)13-9(12)15/h6-7H,4-5H2,1-3H3,(H3,12,13,15)/t6-,7-,11-/m1/s1. The first-order valence-electron chi connectivity index (χ1n) is 5.41. The maximum Gasteiger partial charge on any atom is 0.312 e. The van der Waals surface area contributed by atoms with Crippen LogP contribution in [0.1, 0.15) is 33.6 Å². The molecule has 0 unspecified atom stereocenters. The van der Waals surface area contributed by atoms with Crippen molar-refractivity contribution in [2.24, 2.45) is 22.5 Å². The van der Waals surface area contributed by atoms with Gasteiger partial charge in [-0.15, -0.1) is 0 Å². The van der Waals surface area contributed by atoms with E-state index >= 15 is 0 Å². The molecule has 0 saturated heterocycles. The summed E-state index contributed by atoms with van der Waals surface area (Å²) in [5, 5.41) is 2.59. The zero-order chi connectivity index (χ0) is 11.4. The first-order valence-corrected chi connectivity index (χ1v) is 5.41. The highest BCUT2D eigenvalue weighted by Crippen LogP contribution is 2.63. The molecule has 0 heterocycles. The first-order chi connectivity index (χ1) is 6.80. The molecule has 3 N–H and O–H groups in total. The molecule has 2 amide bonds. The van der Waals surface area contributed by atoms with Crippen molar-refractivity contribution in [3.63, 3.8) is 0 Å². The van der Waals surface area contributed by atoms with Crippen molar-refractivity contribution in [3.05, 3.63) is 0 Å². The molecule has 0 spiro atoms. The number of urea groups is 1. The molecule has 0 aromatic carbocycles. The van der Waals surface area contributed by atoms with E-state index in [1.807, 2.05) is 6.92 Å². The Labute approximate surface area is 89.6 Å². The summed E-state index contributed by atoms with van der Waals surface area (Å²) in [5.74, 6) is 0.394. The molecule has 0 aromatic heterocycles. The number of carbonyl (C=O) groups excluding carboxylic acids is 2. The molecule has 2 aliphatic carbocycles. The Bertz CT molecular complexity index is 337. The summed E-state index contributed by atoms with van der Waals surface area (Å²) in [4.78, 5) is 23.0. The van der Waals surface area contributed by atoms with Crippen molar-refractivity contribution >= 4 is 11.8 Å². The van der Waals surface area contributed by atoms with Crippen molar-refractivity contribution in [1.82, 2.24) is 5.32 Å². The number of Topliss-reactive ketones (excluding diaryl/α,β-unsaturated/α-hetero) is 1. The Morgan fingerprint density at radius 3 is 2.47 bits per heavy atom. The lowest BCUT2D eigenvalue weighted by Gasteiger charge is -2.32. The molecule has 2 fully saturated rings. The van der Waals surface area contributed by atoms with Gasteiger partial charge in [0.15, 0.2) is 5.78 Å². The SMILES string of the molecule is CC1(C)[C@@H]2CC[C@]1(C)C(=O)[C@@H]2NC(N)=O. The molecule has 2 aliphatic rings. The summed E-state index contributed by atoms with van der Waals surface area (Å²) in [6.07, 6.45) is 1.93. The minimum Gasteiger partial charge on any atom is -0.352 e. The van der Waals surface area contributed by atoms with Gasteiger partial charge >= 0.3 is 6.03 Å². The number of amides is 2. The van der Waals surface area contributed by atoms with E-state index in [-0.39, 0.29) is 28.6 Å². The topological polar surface area (TPSA) is 72.2 Å². The number of rotatable bonds is 1. The molecular weight excluding hydrogens is 192 g/mol. The molecule has 2 rings (SSSR count). The van der Waals surface area contributed by atoms with Crippen LogP contribution in [-0.4, -0.2) is 17.9 Å². The molecule has 2 saturated carbocycles. The van der Waals surface area contributed by atoms with Crippen LogP contribution in [0.25, 0.3) is 0 Å². The summed E-state index contributed by atoms with van der Waals surface area (Å²) in [6, 6.07) is -0.962. The Balaban J connectivity index is 2.34. The fourth-order valence-electron chi connectivity index (χ4n) is 3.41. The van der Waals surface area contributed by atoms with Gasteiger partial charge in [-0.2, -0.15) is 0 Å². The Hall–Kier alpha value is -1.06. The van der Waals surface area contributed by atoms with Gasteiger partial charge in [0.2, 0.25) is 0 Å². The van der Waals surface area contributed by atoms with E-state index in [1.165, 1.54) is 0 Å². The summed E-state index contributed by atoms with van der Waals surface area (Å²) in [5.41, 5.74) is 4.78. The molecule has 2 bridgehead atoms. The number of primary amides is 1. The molecule has 15 heavy (non-hydrogen) atoms. The second-order valence-electron chi connectivity index (χ2n) is 5.55. The van der Waals surface area contributed by atoms with E-state index in [0.717, 1.165) is 12.8 Å². The van der Waals surface area contributed by atoms with Gasteiger partial charge in [-0.3, -0.25) is 4.79 Å². The number of fused-ring (bicyclic) bond motifs is 2. The number of nitrogens with two attached hydrogens (primary N) is 1. The van der Waals surface area contributed by atoms with Crippen molar-refractivity contribution in [2.75, 3.05) is 0 Å². The zero-order valence-electron chi connectivity index (χ0n) is 9.46. The van der Waals surface area contributed by atoms with Crippen LogP contribution in [0.4, 0.5) is 4.79 Å². The monoisotopic (exact) mass is 210 g/mol. The minimum atomic E-state index is -0.597. The highest BCUT2D eigenvalue weighted by Gasteiger charge is 2.66. The van der Waals surface area contributed by atoms with Crippen LogP contribution in [0.5, 0.6) is 0 Å². The van der Waals surface area contributed by atoms with Crippen molar-refractivity contribution in [1.29, 1.82) is 0 Å². The summed E-state index contributed by atoms with van der Waals surface area (Å²) < 4.78 is 0.